The fraction of sp³-hybridized carbons (Fsp3) is 0.455. The predicted octanol–water partition coefficient (Wildman–Crippen LogP) is 2.63. The van der Waals surface area contributed by atoms with Gasteiger partial charge in [-0.05, 0) is 30.5 Å². The quantitative estimate of drug-likeness (QED) is 0.800. The maximum atomic E-state index is 11.3. The Bertz CT molecular complexity index is 760. The van der Waals surface area contributed by atoms with Crippen LogP contribution in [0.3, 0.4) is 0 Å². The molecule has 4 rings (SSSR count). The molecule has 1 atom stereocenters. The van der Waals surface area contributed by atoms with E-state index in [9.17, 15) is 9.90 Å². The zero-order valence-corrected chi connectivity index (χ0v) is 16.7. The van der Waals surface area contributed by atoms with Gasteiger partial charge in [-0.25, -0.2) is 4.98 Å². The van der Waals surface area contributed by atoms with Crippen LogP contribution in [0.15, 0.2) is 48.7 Å². The number of hydrogen-bond acceptors (Lipinski definition) is 6. The molecule has 2 saturated heterocycles. The van der Waals surface area contributed by atoms with E-state index in [0.29, 0.717) is 24.6 Å². The van der Waals surface area contributed by atoms with Crippen molar-refractivity contribution in [2.24, 2.45) is 0 Å². The Hall–Kier alpha value is -2.64. The van der Waals surface area contributed by atoms with Crippen LogP contribution in [0.25, 0.3) is 0 Å². The van der Waals surface area contributed by atoms with E-state index in [1.165, 1.54) is 18.4 Å². The van der Waals surface area contributed by atoms with Gasteiger partial charge in [0.2, 0.25) is 0 Å². The molecule has 3 heterocycles. The average molecular weight is 399 g/mol. The summed E-state index contributed by atoms with van der Waals surface area (Å²) in [5, 5.41) is 9.28. The van der Waals surface area contributed by atoms with Crippen molar-refractivity contribution in [2.75, 3.05) is 43.5 Å². The van der Waals surface area contributed by atoms with Crippen LogP contribution in [0.4, 0.5) is 11.5 Å². The summed E-state index contributed by atoms with van der Waals surface area (Å²) in [4.78, 5) is 20.0. The lowest BCUT2D eigenvalue weighted by atomic mass is 10.1. The molecule has 1 aromatic carbocycles. The second kappa shape index (κ2) is 10.8. The van der Waals surface area contributed by atoms with Gasteiger partial charge in [0.15, 0.2) is 5.82 Å². The second-order valence-electron chi connectivity index (χ2n) is 7.40. The highest BCUT2D eigenvalue weighted by atomic mass is 16.5. The van der Waals surface area contributed by atoms with Crippen molar-refractivity contribution in [3.8, 4) is 0 Å². The van der Waals surface area contributed by atoms with Crippen LogP contribution in [0, 0.1) is 0 Å². The molecule has 1 unspecified atom stereocenters. The van der Waals surface area contributed by atoms with Crippen molar-refractivity contribution < 1.29 is 14.6 Å². The zero-order valence-electron chi connectivity index (χ0n) is 16.7. The molecule has 7 heteroatoms. The minimum absolute atomic E-state index is 0.0707. The van der Waals surface area contributed by atoms with Crippen LogP contribution in [-0.4, -0.2) is 59.8 Å². The van der Waals surface area contributed by atoms with Gasteiger partial charge in [0.1, 0.15) is 0 Å². The lowest BCUT2D eigenvalue weighted by Crippen LogP contribution is -2.54. The van der Waals surface area contributed by atoms with Gasteiger partial charge in [0.05, 0.1) is 18.2 Å². The van der Waals surface area contributed by atoms with Crippen LogP contribution in [0.5, 0.6) is 0 Å². The Kier molecular flexibility index (Phi) is 7.84. The number of ether oxygens (including phenoxy) is 1. The third kappa shape index (κ3) is 6.44. The van der Waals surface area contributed by atoms with Crippen LogP contribution in [0.1, 0.15) is 24.8 Å². The average Bonchev–Trinajstić information content (AvgIpc) is 3.30. The van der Waals surface area contributed by atoms with Crippen molar-refractivity contribution >= 4 is 17.5 Å². The molecule has 2 aliphatic heterocycles. The van der Waals surface area contributed by atoms with Gasteiger partial charge in [0, 0.05) is 45.6 Å². The van der Waals surface area contributed by atoms with E-state index < -0.39 is 5.97 Å². The Morgan fingerprint density at radius 3 is 2.52 bits per heavy atom. The van der Waals surface area contributed by atoms with Crippen molar-refractivity contribution in [2.45, 2.75) is 31.8 Å². The van der Waals surface area contributed by atoms with E-state index in [1.807, 2.05) is 23.1 Å². The van der Waals surface area contributed by atoms with Crippen molar-refractivity contribution in [1.82, 2.24) is 9.88 Å². The minimum Gasteiger partial charge on any atom is -0.481 e. The number of nitrogens with zero attached hydrogens (tertiary/aromatic N) is 3. The van der Waals surface area contributed by atoms with E-state index in [-0.39, 0.29) is 12.5 Å². The van der Waals surface area contributed by atoms with Crippen LogP contribution in [-0.2, 0) is 16.1 Å². The number of benzene rings is 1. The van der Waals surface area contributed by atoms with Gasteiger partial charge in [-0.15, -0.1) is 0 Å². The van der Waals surface area contributed by atoms with Crippen LogP contribution in [0.2, 0.25) is 0 Å². The Morgan fingerprint density at radius 2 is 1.90 bits per heavy atom. The summed E-state index contributed by atoms with van der Waals surface area (Å²) in [5.74, 6) is -0.121. The first-order valence-corrected chi connectivity index (χ1v) is 10.2. The summed E-state index contributed by atoms with van der Waals surface area (Å²) in [6.07, 6.45) is 4.32. The minimum atomic E-state index is -0.805. The van der Waals surface area contributed by atoms with E-state index in [0.717, 1.165) is 26.3 Å². The summed E-state index contributed by atoms with van der Waals surface area (Å²) in [6, 6.07) is 13.7. The van der Waals surface area contributed by atoms with Crippen LogP contribution < -0.4 is 10.6 Å². The summed E-state index contributed by atoms with van der Waals surface area (Å²) in [6.45, 7) is 5.06. The molecule has 2 aromatic rings. The molecular formula is C22H30N4O3. The molecule has 1 aromatic heterocycles. The van der Waals surface area contributed by atoms with E-state index in [4.69, 9.17) is 10.5 Å². The molecule has 0 bridgehead atoms. The standard InChI is InChI=1S/C18H22N4O2.C4H8O/c19-16-7-4-8-20-18(16)22-10-9-21(13-15(22)11-17(23)24)12-14-5-2-1-3-6-14;1-2-4-5-3-1/h1-8,15H,9-13,19H2,(H,23,24);1-4H2. The van der Waals surface area contributed by atoms with Crippen LogP contribution >= 0.6 is 0 Å². The Balaban J connectivity index is 0.000000419. The number of nitrogen functional groups attached to an aromatic ring is 1. The molecule has 0 aliphatic carbocycles. The molecule has 156 valence electrons. The van der Waals surface area contributed by atoms with E-state index in [2.05, 4.69) is 22.0 Å². The monoisotopic (exact) mass is 398 g/mol. The normalized spacial score (nSPS) is 19.4. The molecule has 29 heavy (non-hydrogen) atoms. The molecule has 0 saturated carbocycles. The first-order chi connectivity index (χ1) is 14.1. The van der Waals surface area contributed by atoms with E-state index >= 15 is 0 Å². The second-order valence-corrected chi connectivity index (χ2v) is 7.40. The zero-order chi connectivity index (χ0) is 20.5. The number of hydrogen-bond donors (Lipinski definition) is 2. The van der Waals surface area contributed by atoms with Gasteiger partial charge in [-0.3, -0.25) is 9.69 Å². The maximum absolute atomic E-state index is 11.3. The number of rotatable bonds is 5. The smallest absolute Gasteiger partial charge is 0.305 e. The number of nitrogens with two attached hydrogens (primary N) is 1. The number of carboxylic acid groups (broad SMARTS) is 1. The number of carboxylic acids is 1. The first-order valence-electron chi connectivity index (χ1n) is 10.2. The predicted molar refractivity (Wildman–Crippen MR) is 114 cm³/mol. The number of pyridine rings is 1. The summed E-state index contributed by atoms with van der Waals surface area (Å²) in [5.41, 5.74) is 7.86. The lowest BCUT2D eigenvalue weighted by molar-refractivity contribution is -0.137. The number of anilines is 2. The van der Waals surface area contributed by atoms with Gasteiger partial charge in [0.25, 0.3) is 0 Å². The molecule has 3 N–H and O–H groups in total. The third-order valence-corrected chi connectivity index (χ3v) is 5.14. The number of piperazine rings is 1. The molecular weight excluding hydrogens is 368 g/mol. The lowest BCUT2D eigenvalue weighted by Gasteiger charge is -2.42. The highest BCUT2D eigenvalue weighted by Crippen LogP contribution is 2.26. The SMILES string of the molecule is C1CCOC1.Nc1cccnc1N1CCN(Cc2ccccc2)CC1CC(=O)O. The first kappa shape index (κ1) is 21.1. The van der Waals surface area contributed by atoms with Gasteiger partial charge in [-0.2, -0.15) is 0 Å². The van der Waals surface area contributed by atoms with Crippen molar-refractivity contribution in [3.63, 3.8) is 0 Å². The van der Waals surface area contributed by atoms with Gasteiger partial charge < -0.3 is 20.5 Å². The molecule has 0 amide bonds. The summed E-state index contributed by atoms with van der Waals surface area (Å²) in [7, 11) is 0. The molecule has 0 spiro atoms. The van der Waals surface area contributed by atoms with E-state index in [1.54, 1.807) is 18.3 Å². The van der Waals surface area contributed by atoms with Crippen molar-refractivity contribution in [3.05, 3.63) is 54.2 Å². The molecule has 2 aliphatic rings. The Morgan fingerprint density at radius 1 is 1.14 bits per heavy atom. The number of aliphatic carboxylic acids is 1. The van der Waals surface area contributed by atoms with Crippen molar-refractivity contribution in [1.29, 1.82) is 0 Å². The number of carbonyl (C=O) groups is 1. The van der Waals surface area contributed by atoms with Gasteiger partial charge in [-0.1, -0.05) is 30.3 Å². The maximum Gasteiger partial charge on any atom is 0.305 e. The summed E-state index contributed by atoms with van der Waals surface area (Å²) < 4.78 is 4.94. The van der Waals surface area contributed by atoms with Gasteiger partial charge >= 0.3 is 5.97 Å². The highest BCUT2D eigenvalue weighted by Gasteiger charge is 2.30. The highest BCUT2D eigenvalue weighted by molar-refractivity contribution is 5.70. The summed E-state index contributed by atoms with van der Waals surface area (Å²) >= 11 is 0. The molecule has 2 fully saturated rings. The topological polar surface area (TPSA) is 91.9 Å². The fourth-order valence-corrected chi connectivity index (χ4v) is 3.72. The fourth-order valence-electron chi connectivity index (χ4n) is 3.72. The molecule has 0 radical (unpaired) electrons. The number of aromatic nitrogens is 1. The molecule has 7 nitrogen and oxygen atoms in total. The third-order valence-electron chi connectivity index (χ3n) is 5.14. The largest absolute Gasteiger partial charge is 0.481 e. The Labute approximate surface area is 172 Å².